The lowest BCUT2D eigenvalue weighted by Crippen LogP contribution is -2.46. The zero-order valence-electron chi connectivity index (χ0n) is 22.9. The van der Waals surface area contributed by atoms with Gasteiger partial charge in [-0.2, -0.15) is 0 Å². The van der Waals surface area contributed by atoms with E-state index in [1.165, 1.54) is 0 Å². The summed E-state index contributed by atoms with van der Waals surface area (Å²) in [7, 11) is 3.48. The highest BCUT2D eigenvalue weighted by Gasteiger charge is 2.29. The molecule has 2 aromatic rings. The van der Waals surface area contributed by atoms with Gasteiger partial charge in [-0.3, -0.25) is 19.5 Å². The predicted octanol–water partition coefficient (Wildman–Crippen LogP) is 3.45. The number of likely N-dealkylation sites (N-methyl/N-ethyl adjacent to an activating group) is 1. The summed E-state index contributed by atoms with van der Waals surface area (Å²) in [6, 6.07) is 9.34. The first kappa shape index (κ1) is 28.0. The van der Waals surface area contributed by atoms with Crippen molar-refractivity contribution in [2.24, 2.45) is 11.8 Å². The Hall–Kier alpha value is -3.01. The Labute approximate surface area is 225 Å². The number of hydrogen-bond acceptors (Lipinski definition) is 7. The van der Waals surface area contributed by atoms with Gasteiger partial charge in [-0.1, -0.05) is 13.0 Å². The van der Waals surface area contributed by atoms with E-state index in [2.05, 4.69) is 35.1 Å². The lowest BCUT2D eigenvalue weighted by Gasteiger charge is -2.36. The van der Waals surface area contributed by atoms with Crippen LogP contribution in [0.2, 0.25) is 0 Å². The minimum absolute atomic E-state index is 0.0298. The van der Waals surface area contributed by atoms with Gasteiger partial charge >= 0.3 is 0 Å². The van der Waals surface area contributed by atoms with Crippen molar-refractivity contribution >= 4 is 17.5 Å². The topological polar surface area (TPSA) is 93.2 Å². The normalized spacial score (nSPS) is 24.1. The van der Waals surface area contributed by atoms with Crippen LogP contribution in [-0.2, 0) is 20.8 Å². The van der Waals surface area contributed by atoms with Crippen molar-refractivity contribution in [3.63, 3.8) is 0 Å². The van der Waals surface area contributed by atoms with E-state index < -0.39 is 0 Å². The molecular weight excluding hydrogens is 484 g/mol. The van der Waals surface area contributed by atoms with Crippen LogP contribution in [0, 0.1) is 11.8 Å². The van der Waals surface area contributed by atoms with Crippen LogP contribution in [0.4, 0.5) is 5.69 Å². The van der Waals surface area contributed by atoms with E-state index in [0.717, 1.165) is 18.7 Å². The Morgan fingerprint density at radius 1 is 1.18 bits per heavy atom. The summed E-state index contributed by atoms with van der Waals surface area (Å²) in [5.74, 6) is 0.390. The van der Waals surface area contributed by atoms with E-state index in [0.29, 0.717) is 56.2 Å². The summed E-state index contributed by atoms with van der Waals surface area (Å²) in [6.45, 7) is 7.81. The Morgan fingerprint density at radius 2 is 1.97 bits per heavy atom. The number of carbonyl (C=O) groups excluding carboxylic acids is 2. The first-order valence-electron chi connectivity index (χ1n) is 13.4. The fourth-order valence-electron chi connectivity index (χ4n) is 5.08. The molecule has 0 unspecified atom stereocenters. The van der Waals surface area contributed by atoms with E-state index in [9.17, 15) is 9.59 Å². The molecule has 0 radical (unpaired) electrons. The number of aromatic nitrogens is 1. The van der Waals surface area contributed by atoms with Gasteiger partial charge < -0.3 is 24.4 Å². The van der Waals surface area contributed by atoms with Crippen LogP contribution in [0.3, 0.4) is 0 Å². The fourth-order valence-corrected chi connectivity index (χ4v) is 5.08. The molecule has 1 N–H and O–H groups in total. The summed E-state index contributed by atoms with van der Waals surface area (Å²) in [6.07, 6.45) is 4.95. The maximum atomic E-state index is 13.5. The molecule has 2 aliphatic heterocycles. The smallest absolute Gasteiger partial charge is 0.257 e. The van der Waals surface area contributed by atoms with E-state index in [1.807, 2.05) is 12.3 Å². The molecule has 0 aliphatic carbocycles. The molecule has 0 spiro atoms. The van der Waals surface area contributed by atoms with Crippen molar-refractivity contribution in [3.8, 4) is 5.75 Å². The minimum atomic E-state index is -0.142. The molecule has 38 heavy (non-hydrogen) atoms. The quantitative estimate of drug-likeness (QED) is 0.640. The number of carbonyl (C=O) groups is 2. The number of benzene rings is 1. The molecule has 1 fully saturated rings. The van der Waals surface area contributed by atoms with Crippen molar-refractivity contribution < 1.29 is 23.8 Å². The summed E-state index contributed by atoms with van der Waals surface area (Å²) in [5.41, 5.74) is 2.20. The maximum absolute atomic E-state index is 13.5. The molecule has 3 heterocycles. The van der Waals surface area contributed by atoms with Crippen LogP contribution >= 0.6 is 0 Å². The number of ether oxygens (including phenoxy) is 3. The van der Waals surface area contributed by atoms with E-state index >= 15 is 0 Å². The zero-order chi connectivity index (χ0) is 27.1. The molecule has 1 aromatic heterocycles. The van der Waals surface area contributed by atoms with Gasteiger partial charge in [0.05, 0.1) is 11.7 Å². The highest BCUT2D eigenvalue weighted by molar-refractivity contribution is 5.98. The van der Waals surface area contributed by atoms with Gasteiger partial charge in [0, 0.05) is 83.1 Å². The number of anilines is 1. The third kappa shape index (κ3) is 7.09. The minimum Gasteiger partial charge on any atom is -0.491 e. The molecule has 0 bridgehead atoms. The van der Waals surface area contributed by atoms with Gasteiger partial charge in [-0.25, -0.2) is 0 Å². The second-order valence-corrected chi connectivity index (χ2v) is 10.5. The van der Waals surface area contributed by atoms with E-state index in [1.54, 1.807) is 43.5 Å². The fraction of sp³-hybridized carbons (Fsp3) is 0.552. The first-order chi connectivity index (χ1) is 18.4. The van der Waals surface area contributed by atoms with Crippen LogP contribution in [0.25, 0.3) is 0 Å². The molecule has 4 rings (SSSR count). The molecule has 9 heteroatoms. The number of methoxy groups -OCH3 is 1. The largest absolute Gasteiger partial charge is 0.491 e. The summed E-state index contributed by atoms with van der Waals surface area (Å²) >= 11 is 0. The average Bonchev–Trinajstić information content (AvgIpc) is 2.94. The number of nitrogens with zero attached hydrogens (tertiary/aromatic N) is 3. The van der Waals surface area contributed by atoms with Gasteiger partial charge in [0.2, 0.25) is 5.91 Å². The molecule has 1 saturated heterocycles. The highest BCUT2D eigenvalue weighted by Crippen LogP contribution is 2.28. The van der Waals surface area contributed by atoms with Crippen LogP contribution in [0.1, 0.15) is 42.6 Å². The Bertz CT molecular complexity index is 1080. The number of rotatable bonds is 5. The lowest BCUT2D eigenvalue weighted by atomic mass is 9.99. The maximum Gasteiger partial charge on any atom is 0.257 e. The Morgan fingerprint density at radius 3 is 2.68 bits per heavy atom. The standard InChI is InChI=1S/C29H40N4O5/c1-20-16-33(17-22-6-5-11-30-15-22)21(2)19-38-26-14-24(31-28(34)23-9-12-37-13-10-23)7-8-25(26)29(35)32(3)18-27(20)36-4/h5-8,11,14-15,20-21,23,27H,9-10,12-13,16-19H2,1-4H3,(H,31,34)/t20-,21-,27+/m1/s1. The average molecular weight is 525 g/mol. The second kappa shape index (κ2) is 13.2. The van der Waals surface area contributed by atoms with Crippen molar-refractivity contribution in [1.82, 2.24) is 14.8 Å². The van der Waals surface area contributed by atoms with Gasteiger partial charge in [0.15, 0.2) is 0 Å². The van der Waals surface area contributed by atoms with Gasteiger partial charge in [0.1, 0.15) is 12.4 Å². The number of fused-ring (bicyclic) bond motifs is 1. The van der Waals surface area contributed by atoms with Crippen molar-refractivity contribution in [3.05, 3.63) is 53.9 Å². The number of hydrogen-bond donors (Lipinski definition) is 1. The van der Waals surface area contributed by atoms with Crippen LogP contribution in [-0.4, -0.2) is 85.8 Å². The number of nitrogens with one attached hydrogen (secondary N) is 1. The molecule has 3 atom stereocenters. The van der Waals surface area contributed by atoms with E-state index in [-0.39, 0.29) is 35.8 Å². The van der Waals surface area contributed by atoms with Crippen molar-refractivity contribution in [2.75, 3.05) is 52.4 Å². The molecule has 206 valence electrons. The Balaban J connectivity index is 1.59. The molecule has 2 aliphatic rings. The summed E-state index contributed by atoms with van der Waals surface area (Å²) in [5, 5.41) is 3.01. The monoisotopic (exact) mass is 524 g/mol. The zero-order valence-corrected chi connectivity index (χ0v) is 22.9. The summed E-state index contributed by atoms with van der Waals surface area (Å²) in [4.78, 5) is 34.6. The number of amides is 2. The van der Waals surface area contributed by atoms with Crippen LogP contribution in [0.5, 0.6) is 5.75 Å². The number of pyridine rings is 1. The highest BCUT2D eigenvalue weighted by atomic mass is 16.5. The molecule has 2 amide bonds. The lowest BCUT2D eigenvalue weighted by molar-refractivity contribution is -0.122. The second-order valence-electron chi connectivity index (χ2n) is 10.5. The molecular formula is C29H40N4O5. The van der Waals surface area contributed by atoms with Crippen LogP contribution < -0.4 is 10.1 Å². The molecule has 0 saturated carbocycles. The third-order valence-electron chi connectivity index (χ3n) is 7.54. The molecule has 9 nitrogen and oxygen atoms in total. The van der Waals surface area contributed by atoms with Gasteiger partial charge in [0.25, 0.3) is 5.91 Å². The SMILES string of the molecule is CO[C@H]1CN(C)C(=O)c2ccc(NC(=O)C3CCOCC3)cc2OC[C@@H](C)N(Cc2cccnc2)C[C@H]1C. The summed E-state index contributed by atoms with van der Waals surface area (Å²) < 4.78 is 17.5. The van der Waals surface area contributed by atoms with Crippen molar-refractivity contribution in [1.29, 1.82) is 0 Å². The van der Waals surface area contributed by atoms with Gasteiger partial charge in [-0.15, -0.1) is 0 Å². The predicted molar refractivity (Wildman–Crippen MR) is 145 cm³/mol. The van der Waals surface area contributed by atoms with Crippen molar-refractivity contribution in [2.45, 2.75) is 45.4 Å². The van der Waals surface area contributed by atoms with Crippen LogP contribution in [0.15, 0.2) is 42.7 Å². The van der Waals surface area contributed by atoms with E-state index in [4.69, 9.17) is 14.2 Å². The molecule has 1 aromatic carbocycles. The first-order valence-corrected chi connectivity index (χ1v) is 13.4. The Kier molecular flexibility index (Phi) is 9.71. The third-order valence-corrected chi connectivity index (χ3v) is 7.54. The van der Waals surface area contributed by atoms with Gasteiger partial charge in [-0.05, 0) is 49.4 Å².